The lowest BCUT2D eigenvalue weighted by molar-refractivity contribution is -0.131. The first kappa shape index (κ1) is 15.6. The number of rotatable bonds is 5. The van der Waals surface area contributed by atoms with Crippen LogP contribution in [-0.4, -0.2) is 28.7 Å². The van der Waals surface area contributed by atoms with Gasteiger partial charge in [0.1, 0.15) is 11.5 Å². The molecule has 0 saturated heterocycles. The first-order valence-electron chi connectivity index (χ1n) is 7.25. The molecule has 0 aliphatic carbocycles. The average Bonchev–Trinajstić information content (AvgIpc) is 3.12. The SMILES string of the molecule is COC(=O)c1cc2oc(/C=C/C(=O)O)cc2n1Cc1ccccc1. The number of furan rings is 1. The molecule has 0 fully saturated rings. The van der Waals surface area contributed by atoms with Gasteiger partial charge in [0.25, 0.3) is 0 Å². The van der Waals surface area contributed by atoms with Crippen molar-refractivity contribution in [2.24, 2.45) is 0 Å². The molecule has 2 heterocycles. The van der Waals surface area contributed by atoms with Crippen LogP contribution in [-0.2, 0) is 16.1 Å². The maximum atomic E-state index is 12.0. The number of methoxy groups -OCH3 is 1. The van der Waals surface area contributed by atoms with Crippen LogP contribution in [0.1, 0.15) is 21.8 Å². The summed E-state index contributed by atoms with van der Waals surface area (Å²) in [5, 5.41) is 8.70. The summed E-state index contributed by atoms with van der Waals surface area (Å²) in [4.78, 5) is 22.6. The number of carboxylic acids is 1. The fraction of sp³-hybridized carbons (Fsp3) is 0.111. The van der Waals surface area contributed by atoms with E-state index in [2.05, 4.69) is 0 Å². The van der Waals surface area contributed by atoms with Gasteiger partial charge in [-0.25, -0.2) is 9.59 Å². The Balaban J connectivity index is 2.07. The van der Waals surface area contributed by atoms with Crippen LogP contribution in [0.5, 0.6) is 0 Å². The van der Waals surface area contributed by atoms with E-state index in [1.54, 1.807) is 16.7 Å². The fourth-order valence-electron chi connectivity index (χ4n) is 2.51. The van der Waals surface area contributed by atoms with Crippen LogP contribution in [0.25, 0.3) is 17.2 Å². The van der Waals surface area contributed by atoms with Gasteiger partial charge < -0.3 is 18.8 Å². The Morgan fingerprint density at radius 1 is 1.25 bits per heavy atom. The second kappa shape index (κ2) is 6.45. The standard InChI is InChI=1S/C18H15NO5/c1-23-18(22)15-10-16-14(9-13(24-16)7-8-17(20)21)19(15)11-12-5-3-2-4-6-12/h2-10H,11H2,1H3,(H,20,21)/b8-7+. The third-order valence-electron chi connectivity index (χ3n) is 3.58. The number of esters is 1. The number of carbonyl (C=O) groups excluding carboxylic acids is 1. The Labute approximate surface area is 137 Å². The minimum absolute atomic E-state index is 0.379. The van der Waals surface area contributed by atoms with Gasteiger partial charge in [0.15, 0.2) is 5.58 Å². The number of carbonyl (C=O) groups is 2. The molecule has 0 atom stereocenters. The Bertz CT molecular complexity index is 918. The van der Waals surface area contributed by atoms with E-state index >= 15 is 0 Å². The molecule has 3 aromatic rings. The predicted octanol–water partition coefficient (Wildman–Crippen LogP) is 3.17. The maximum Gasteiger partial charge on any atom is 0.354 e. The smallest absolute Gasteiger partial charge is 0.354 e. The van der Waals surface area contributed by atoms with Gasteiger partial charge in [0.05, 0.1) is 12.6 Å². The van der Waals surface area contributed by atoms with Crippen LogP contribution in [0.3, 0.4) is 0 Å². The summed E-state index contributed by atoms with van der Waals surface area (Å²) in [5.41, 5.74) is 2.59. The quantitative estimate of drug-likeness (QED) is 0.575. The Morgan fingerprint density at radius 3 is 2.67 bits per heavy atom. The lowest BCUT2D eigenvalue weighted by Crippen LogP contribution is -2.11. The first-order chi connectivity index (χ1) is 11.6. The molecule has 0 bridgehead atoms. The summed E-state index contributed by atoms with van der Waals surface area (Å²) >= 11 is 0. The highest BCUT2D eigenvalue weighted by Gasteiger charge is 2.19. The second-order valence-electron chi connectivity index (χ2n) is 5.16. The summed E-state index contributed by atoms with van der Waals surface area (Å²) in [6, 6.07) is 13.0. The number of fused-ring (bicyclic) bond motifs is 1. The number of ether oxygens (including phenoxy) is 1. The zero-order valence-electron chi connectivity index (χ0n) is 12.9. The molecule has 6 nitrogen and oxygen atoms in total. The summed E-state index contributed by atoms with van der Waals surface area (Å²) in [6.45, 7) is 0.469. The van der Waals surface area contributed by atoms with E-state index in [9.17, 15) is 9.59 Å². The number of aliphatic carboxylic acids is 1. The number of hydrogen-bond acceptors (Lipinski definition) is 4. The summed E-state index contributed by atoms with van der Waals surface area (Å²) < 4.78 is 12.2. The van der Waals surface area contributed by atoms with Crippen LogP contribution in [0.15, 0.2) is 53.0 Å². The number of hydrogen-bond donors (Lipinski definition) is 1. The van der Waals surface area contributed by atoms with Crippen molar-refractivity contribution in [1.29, 1.82) is 0 Å². The van der Waals surface area contributed by atoms with E-state index in [4.69, 9.17) is 14.3 Å². The molecule has 6 heteroatoms. The summed E-state index contributed by atoms with van der Waals surface area (Å²) in [6.07, 6.45) is 2.37. The van der Waals surface area contributed by atoms with Crippen molar-refractivity contribution in [3.8, 4) is 0 Å². The molecule has 1 aromatic carbocycles. The van der Waals surface area contributed by atoms with E-state index in [1.165, 1.54) is 13.2 Å². The molecule has 1 N–H and O–H groups in total. The van der Waals surface area contributed by atoms with Crippen molar-refractivity contribution >= 4 is 29.1 Å². The van der Waals surface area contributed by atoms with E-state index in [1.807, 2.05) is 30.3 Å². The van der Waals surface area contributed by atoms with Gasteiger partial charge in [0, 0.05) is 24.8 Å². The van der Waals surface area contributed by atoms with E-state index in [0.717, 1.165) is 11.6 Å². The Kier molecular flexibility index (Phi) is 4.20. The molecule has 0 amide bonds. The van der Waals surface area contributed by atoms with Gasteiger partial charge in [-0.15, -0.1) is 0 Å². The number of nitrogens with zero attached hydrogens (tertiary/aromatic N) is 1. The Hall–Kier alpha value is -3.28. The second-order valence-corrected chi connectivity index (χ2v) is 5.16. The van der Waals surface area contributed by atoms with E-state index < -0.39 is 11.9 Å². The third kappa shape index (κ3) is 3.08. The van der Waals surface area contributed by atoms with Gasteiger partial charge in [-0.2, -0.15) is 0 Å². The predicted molar refractivity (Wildman–Crippen MR) is 87.8 cm³/mol. The van der Waals surface area contributed by atoms with Crippen LogP contribution >= 0.6 is 0 Å². The van der Waals surface area contributed by atoms with Crippen molar-refractivity contribution in [3.63, 3.8) is 0 Å². The zero-order valence-corrected chi connectivity index (χ0v) is 12.9. The highest BCUT2D eigenvalue weighted by atomic mass is 16.5. The molecule has 0 unspecified atom stereocenters. The lowest BCUT2D eigenvalue weighted by Gasteiger charge is -2.08. The van der Waals surface area contributed by atoms with Crippen molar-refractivity contribution < 1.29 is 23.8 Å². The fourth-order valence-corrected chi connectivity index (χ4v) is 2.51. The monoisotopic (exact) mass is 325 g/mol. The van der Waals surface area contributed by atoms with Crippen molar-refractivity contribution in [1.82, 2.24) is 4.57 Å². The zero-order chi connectivity index (χ0) is 17.1. The van der Waals surface area contributed by atoms with Gasteiger partial charge in [0.2, 0.25) is 0 Å². The molecule has 0 saturated carbocycles. The molecule has 0 aliphatic heterocycles. The molecular weight excluding hydrogens is 310 g/mol. The highest BCUT2D eigenvalue weighted by molar-refractivity contribution is 5.95. The molecule has 122 valence electrons. The van der Waals surface area contributed by atoms with Crippen molar-refractivity contribution in [3.05, 3.63) is 65.6 Å². The number of carboxylic acid groups (broad SMARTS) is 1. The minimum Gasteiger partial charge on any atom is -0.478 e. The molecule has 2 aromatic heterocycles. The number of benzene rings is 1. The van der Waals surface area contributed by atoms with Crippen molar-refractivity contribution in [2.75, 3.05) is 7.11 Å². The summed E-state index contributed by atoms with van der Waals surface area (Å²) in [5.74, 6) is -1.11. The van der Waals surface area contributed by atoms with Crippen LogP contribution in [0.2, 0.25) is 0 Å². The van der Waals surface area contributed by atoms with Crippen LogP contribution in [0.4, 0.5) is 0 Å². The maximum absolute atomic E-state index is 12.0. The lowest BCUT2D eigenvalue weighted by atomic mass is 10.2. The van der Waals surface area contributed by atoms with Gasteiger partial charge in [-0.1, -0.05) is 30.3 Å². The average molecular weight is 325 g/mol. The molecule has 0 spiro atoms. The van der Waals surface area contributed by atoms with E-state index in [0.29, 0.717) is 29.1 Å². The Morgan fingerprint density at radius 2 is 2.00 bits per heavy atom. The highest BCUT2D eigenvalue weighted by Crippen LogP contribution is 2.26. The van der Waals surface area contributed by atoms with Crippen LogP contribution < -0.4 is 0 Å². The third-order valence-corrected chi connectivity index (χ3v) is 3.58. The molecule has 0 radical (unpaired) electrons. The molecular formula is C18H15NO5. The number of aromatic nitrogens is 1. The molecule has 24 heavy (non-hydrogen) atoms. The largest absolute Gasteiger partial charge is 0.478 e. The topological polar surface area (TPSA) is 81.7 Å². The normalized spacial score (nSPS) is 11.2. The van der Waals surface area contributed by atoms with E-state index in [-0.39, 0.29) is 0 Å². The molecule has 0 aliphatic rings. The van der Waals surface area contributed by atoms with Crippen molar-refractivity contribution in [2.45, 2.75) is 6.54 Å². The molecule has 3 rings (SSSR count). The summed E-state index contributed by atoms with van der Waals surface area (Å²) in [7, 11) is 1.32. The van der Waals surface area contributed by atoms with Crippen LogP contribution in [0, 0.1) is 0 Å². The van der Waals surface area contributed by atoms with Gasteiger partial charge >= 0.3 is 11.9 Å². The first-order valence-corrected chi connectivity index (χ1v) is 7.25. The van der Waals surface area contributed by atoms with Gasteiger partial charge in [-0.05, 0) is 11.6 Å². The van der Waals surface area contributed by atoms with Gasteiger partial charge in [-0.3, -0.25) is 0 Å². The minimum atomic E-state index is -1.06.